The fourth-order valence-corrected chi connectivity index (χ4v) is 4.38. The molecule has 158 valence electrons. The van der Waals surface area contributed by atoms with E-state index >= 15 is 0 Å². The number of primary amides is 1. The number of aromatic nitrogens is 4. The number of fused-ring (bicyclic) bond motifs is 1. The number of hydrogen-bond acceptors (Lipinski definition) is 6. The summed E-state index contributed by atoms with van der Waals surface area (Å²) in [5.74, 6) is 0.316. The van der Waals surface area contributed by atoms with E-state index in [0.717, 1.165) is 50.1 Å². The molecule has 1 amide bonds. The predicted octanol–water partition coefficient (Wildman–Crippen LogP) is 4.91. The Labute approximate surface area is 188 Å². The van der Waals surface area contributed by atoms with Crippen LogP contribution in [0.3, 0.4) is 0 Å². The number of carbonyl (C=O) groups is 1. The SMILES string of the molecule is Cc1cc2c(cc1Nc1nc(-c3ccncc3)cs1)nc(-c1cccc(C(N)=O)c1)n2C. The average Bonchev–Trinajstić information content (AvgIpc) is 3.40. The monoisotopic (exact) mass is 440 g/mol. The quantitative estimate of drug-likeness (QED) is 0.405. The number of nitrogens with two attached hydrogens (primary N) is 1. The highest BCUT2D eigenvalue weighted by atomic mass is 32.1. The van der Waals surface area contributed by atoms with Crippen molar-refractivity contribution in [2.45, 2.75) is 6.92 Å². The summed E-state index contributed by atoms with van der Waals surface area (Å²) in [6.45, 7) is 2.06. The molecular formula is C24H20N6OS. The highest BCUT2D eigenvalue weighted by Gasteiger charge is 2.14. The number of hydrogen-bond donors (Lipinski definition) is 2. The standard InChI is InChI=1S/C24H20N6OS/c1-14-10-21-19(27-23(30(21)2)17-5-3-4-16(11-17)22(25)31)12-18(14)28-24-29-20(13-32-24)15-6-8-26-9-7-15/h3-13H,1-2H3,(H2,25,31)(H,28,29). The number of imidazole rings is 1. The van der Waals surface area contributed by atoms with Gasteiger partial charge in [-0.2, -0.15) is 0 Å². The first-order valence-electron chi connectivity index (χ1n) is 10.00. The van der Waals surface area contributed by atoms with Crippen LogP contribution >= 0.6 is 11.3 Å². The summed E-state index contributed by atoms with van der Waals surface area (Å²) in [4.78, 5) is 25.2. The molecule has 32 heavy (non-hydrogen) atoms. The number of amides is 1. The molecule has 0 spiro atoms. The normalized spacial score (nSPS) is 11.1. The second kappa shape index (κ2) is 7.90. The first kappa shape index (κ1) is 19.9. The van der Waals surface area contributed by atoms with Crippen LogP contribution in [-0.4, -0.2) is 25.4 Å². The molecule has 0 saturated heterocycles. The van der Waals surface area contributed by atoms with E-state index < -0.39 is 5.91 Å². The highest BCUT2D eigenvalue weighted by Crippen LogP contribution is 2.32. The number of nitrogens with one attached hydrogen (secondary N) is 1. The van der Waals surface area contributed by atoms with Crippen molar-refractivity contribution >= 4 is 39.1 Å². The molecule has 0 aliphatic heterocycles. The van der Waals surface area contributed by atoms with Gasteiger partial charge in [0.2, 0.25) is 5.91 Å². The first-order valence-corrected chi connectivity index (χ1v) is 10.9. The van der Waals surface area contributed by atoms with Gasteiger partial charge in [-0.25, -0.2) is 9.97 Å². The molecule has 0 aliphatic carbocycles. The molecule has 5 rings (SSSR count). The molecule has 0 radical (unpaired) electrons. The van der Waals surface area contributed by atoms with Crippen molar-refractivity contribution in [2.75, 3.05) is 5.32 Å². The minimum Gasteiger partial charge on any atom is -0.366 e. The summed E-state index contributed by atoms with van der Waals surface area (Å²) in [6, 6.07) is 15.2. The number of rotatable bonds is 5. The van der Waals surface area contributed by atoms with Crippen LogP contribution < -0.4 is 11.1 Å². The van der Waals surface area contributed by atoms with Gasteiger partial charge in [-0.15, -0.1) is 11.3 Å². The molecule has 0 fully saturated rings. The van der Waals surface area contributed by atoms with Gasteiger partial charge in [0.1, 0.15) is 5.82 Å². The fraction of sp³-hybridized carbons (Fsp3) is 0.0833. The van der Waals surface area contributed by atoms with Crippen LogP contribution in [0.5, 0.6) is 0 Å². The Hall–Kier alpha value is -4.04. The Balaban J connectivity index is 1.50. The molecule has 3 heterocycles. The van der Waals surface area contributed by atoms with Crippen molar-refractivity contribution in [3.63, 3.8) is 0 Å². The van der Waals surface area contributed by atoms with Crippen LogP contribution in [0.1, 0.15) is 15.9 Å². The van der Waals surface area contributed by atoms with Crippen molar-refractivity contribution in [1.29, 1.82) is 0 Å². The van der Waals surface area contributed by atoms with E-state index in [9.17, 15) is 4.79 Å². The van der Waals surface area contributed by atoms with Crippen LogP contribution in [0.4, 0.5) is 10.8 Å². The third-order valence-corrected chi connectivity index (χ3v) is 6.11. The summed E-state index contributed by atoms with van der Waals surface area (Å²) >= 11 is 1.55. The lowest BCUT2D eigenvalue weighted by molar-refractivity contribution is 0.100. The Kier molecular flexibility index (Phi) is 4.91. The van der Waals surface area contributed by atoms with Crippen LogP contribution in [0, 0.1) is 6.92 Å². The first-order chi connectivity index (χ1) is 15.5. The summed E-state index contributed by atoms with van der Waals surface area (Å²) in [6.07, 6.45) is 3.52. The Bertz CT molecular complexity index is 1450. The lowest BCUT2D eigenvalue weighted by Crippen LogP contribution is -2.10. The largest absolute Gasteiger partial charge is 0.366 e. The second-order valence-electron chi connectivity index (χ2n) is 7.49. The maximum atomic E-state index is 11.6. The van der Waals surface area contributed by atoms with E-state index in [1.807, 2.05) is 47.3 Å². The van der Waals surface area contributed by atoms with Gasteiger partial charge < -0.3 is 15.6 Å². The van der Waals surface area contributed by atoms with Gasteiger partial charge in [0.25, 0.3) is 0 Å². The van der Waals surface area contributed by atoms with Crippen molar-refractivity contribution in [1.82, 2.24) is 19.5 Å². The number of pyridine rings is 1. The van der Waals surface area contributed by atoms with E-state index in [4.69, 9.17) is 15.7 Å². The van der Waals surface area contributed by atoms with Gasteiger partial charge in [-0.05, 0) is 48.9 Å². The molecule has 3 aromatic heterocycles. The molecule has 0 saturated carbocycles. The van der Waals surface area contributed by atoms with E-state index in [-0.39, 0.29) is 0 Å². The van der Waals surface area contributed by atoms with Crippen LogP contribution in [0.25, 0.3) is 33.7 Å². The molecule has 2 aromatic carbocycles. The summed E-state index contributed by atoms with van der Waals surface area (Å²) in [5, 5.41) is 6.26. The van der Waals surface area contributed by atoms with Gasteiger partial charge in [0.05, 0.1) is 16.7 Å². The van der Waals surface area contributed by atoms with Gasteiger partial charge in [0.15, 0.2) is 5.13 Å². The zero-order chi connectivity index (χ0) is 22.2. The zero-order valence-corrected chi connectivity index (χ0v) is 18.4. The third-order valence-electron chi connectivity index (χ3n) is 5.35. The van der Waals surface area contributed by atoms with Crippen molar-refractivity contribution in [3.8, 4) is 22.6 Å². The summed E-state index contributed by atoms with van der Waals surface area (Å²) < 4.78 is 2.02. The Morgan fingerprint density at radius 3 is 2.66 bits per heavy atom. The van der Waals surface area contributed by atoms with Crippen molar-refractivity contribution in [2.24, 2.45) is 12.8 Å². The van der Waals surface area contributed by atoms with E-state index in [2.05, 4.69) is 23.3 Å². The third kappa shape index (κ3) is 3.61. The Morgan fingerprint density at radius 1 is 1.06 bits per heavy atom. The van der Waals surface area contributed by atoms with Crippen LogP contribution in [0.15, 0.2) is 66.3 Å². The fourth-order valence-electron chi connectivity index (χ4n) is 3.65. The molecule has 3 N–H and O–H groups in total. The number of thiazole rings is 1. The molecule has 0 aliphatic rings. The number of carbonyl (C=O) groups excluding carboxylic acids is 1. The van der Waals surface area contributed by atoms with E-state index in [0.29, 0.717) is 5.56 Å². The lowest BCUT2D eigenvalue weighted by Gasteiger charge is -2.08. The molecule has 0 bridgehead atoms. The minimum atomic E-state index is -0.456. The van der Waals surface area contributed by atoms with Crippen molar-refractivity contribution < 1.29 is 4.79 Å². The zero-order valence-electron chi connectivity index (χ0n) is 17.5. The number of nitrogens with zero attached hydrogens (tertiary/aromatic N) is 4. The molecule has 0 unspecified atom stereocenters. The maximum Gasteiger partial charge on any atom is 0.248 e. The van der Waals surface area contributed by atoms with Gasteiger partial charge in [0, 0.05) is 47.2 Å². The molecular weight excluding hydrogens is 420 g/mol. The molecule has 8 heteroatoms. The average molecular weight is 441 g/mol. The number of anilines is 2. The van der Waals surface area contributed by atoms with E-state index in [1.165, 1.54) is 0 Å². The van der Waals surface area contributed by atoms with Crippen LogP contribution in [-0.2, 0) is 7.05 Å². The Morgan fingerprint density at radius 2 is 1.88 bits per heavy atom. The summed E-state index contributed by atoms with van der Waals surface area (Å²) in [7, 11) is 1.97. The number of benzene rings is 2. The van der Waals surface area contributed by atoms with E-state index in [1.54, 1.807) is 35.9 Å². The molecule has 7 nitrogen and oxygen atoms in total. The minimum absolute atomic E-state index is 0.456. The summed E-state index contributed by atoms with van der Waals surface area (Å²) in [5.41, 5.74) is 12.6. The highest BCUT2D eigenvalue weighted by molar-refractivity contribution is 7.14. The lowest BCUT2D eigenvalue weighted by atomic mass is 10.1. The van der Waals surface area contributed by atoms with Crippen molar-refractivity contribution in [3.05, 3.63) is 77.4 Å². The van der Waals surface area contributed by atoms with Gasteiger partial charge in [-0.3, -0.25) is 9.78 Å². The predicted molar refractivity (Wildman–Crippen MR) is 128 cm³/mol. The molecule has 5 aromatic rings. The van der Waals surface area contributed by atoms with Gasteiger partial charge in [-0.1, -0.05) is 12.1 Å². The molecule has 0 atom stereocenters. The maximum absolute atomic E-state index is 11.6. The second-order valence-corrected chi connectivity index (χ2v) is 8.35. The number of aryl methyl sites for hydroxylation is 2. The van der Waals surface area contributed by atoms with Gasteiger partial charge >= 0.3 is 0 Å². The van der Waals surface area contributed by atoms with Crippen LogP contribution in [0.2, 0.25) is 0 Å². The topological polar surface area (TPSA) is 98.7 Å². The smallest absolute Gasteiger partial charge is 0.248 e.